The van der Waals surface area contributed by atoms with E-state index in [0.717, 1.165) is 38.9 Å². The molecular formula is C27H36N2O4S. The van der Waals surface area contributed by atoms with Gasteiger partial charge in [0.2, 0.25) is 10.0 Å². The van der Waals surface area contributed by atoms with Gasteiger partial charge in [-0.25, -0.2) is 8.42 Å². The van der Waals surface area contributed by atoms with Gasteiger partial charge in [0.15, 0.2) is 0 Å². The Morgan fingerprint density at radius 1 is 1.09 bits per heavy atom. The summed E-state index contributed by atoms with van der Waals surface area (Å²) in [7, 11) is -1.92. The average molecular weight is 485 g/mol. The quantitative estimate of drug-likeness (QED) is 0.600. The van der Waals surface area contributed by atoms with Gasteiger partial charge in [0.1, 0.15) is 0 Å². The van der Waals surface area contributed by atoms with E-state index in [1.165, 1.54) is 36.6 Å². The summed E-state index contributed by atoms with van der Waals surface area (Å²) >= 11 is 0. The Hall–Kier alpha value is -1.93. The first-order valence-corrected chi connectivity index (χ1v) is 14.1. The number of rotatable bonds is 8. The summed E-state index contributed by atoms with van der Waals surface area (Å²) in [5.74, 6) is 1.48. The Balaban J connectivity index is 1.25. The van der Waals surface area contributed by atoms with Gasteiger partial charge in [0.25, 0.3) is 0 Å². The number of sulfonamides is 1. The number of fused-ring (bicyclic) bond motifs is 3. The zero-order valence-electron chi connectivity index (χ0n) is 19.9. The Morgan fingerprint density at radius 3 is 2.56 bits per heavy atom. The van der Waals surface area contributed by atoms with Crippen LogP contribution in [0.5, 0.6) is 0 Å². The van der Waals surface area contributed by atoms with Crippen LogP contribution >= 0.6 is 0 Å². The number of ether oxygens (including phenoxy) is 1. The fraction of sp³-hybridized carbons (Fsp3) is 0.556. The van der Waals surface area contributed by atoms with Gasteiger partial charge in [0.05, 0.1) is 18.0 Å². The van der Waals surface area contributed by atoms with E-state index in [4.69, 9.17) is 4.74 Å². The molecule has 3 atom stereocenters. The molecule has 6 nitrogen and oxygen atoms in total. The van der Waals surface area contributed by atoms with Crippen LogP contribution in [0.4, 0.5) is 5.69 Å². The second kappa shape index (κ2) is 9.61. The highest BCUT2D eigenvalue weighted by Crippen LogP contribution is 2.48. The number of nitrogens with zero attached hydrogens (tertiary/aromatic N) is 1. The van der Waals surface area contributed by atoms with E-state index in [1.54, 1.807) is 0 Å². The van der Waals surface area contributed by atoms with Crippen molar-refractivity contribution >= 4 is 15.7 Å². The number of piperidine rings is 1. The number of aryl methyl sites for hydroxylation is 1. The standard InChI is InChI=1S/C27H36N2O4S/c1-33-13-14-34(31,32)28-25-8-4-7-21(15-25)26-23-9-10-24(26)18-29(17-23)19-27(30)12-11-20-5-2-3-6-22(20)16-27/h2-8,15,23-24,26,28,30H,9-14,16-19H2,1H3. The van der Waals surface area contributed by atoms with E-state index >= 15 is 0 Å². The molecule has 2 aliphatic carbocycles. The van der Waals surface area contributed by atoms with E-state index in [0.29, 0.717) is 23.4 Å². The number of β-amino-alcohol motifs (C(OH)–C–C–N with tert-alkyl or cyclic N) is 1. The van der Waals surface area contributed by atoms with Crippen LogP contribution in [0.3, 0.4) is 0 Å². The summed E-state index contributed by atoms with van der Waals surface area (Å²) in [5, 5.41) is 11.4. The van der Waals surface area contributed by atoms with Crippen molar-refractivity contribution in [2.45, 2.75) is 43.6 Å². The van der Waals surface area contributed by atoms with Crippen molar-refractivity contribution < 1.29 is 18.3 Å². The third-order valence-corrected chi connectivity index (χ3v) is 9.28. The molecule has 2 N–H and O–H groups in total. The summed E-state index contributed by atoms with van der Waals surface area (Å²) in [5.41, 5.74) is 3.87. The highest BCUT2D eigenvalue weighted by atomic mass is 32.2. The molecule has 0 amide bonds. The second-order valence-electron chi connectivity index (χ2n) is 10.5. The van der Waals surface area contributed by atoms with Gasteiger partial charge in [0, 0.05) is 38.9 Å². The average Bonchev–Trinajstić information content (AvgIpc) is 3.08. The maximum atomic E-state index is 12.3. The van der Waals surface area contributed by atoms with Gasteiger partial charge in [-0.2, -0.15) is 0 Å². The normalized spacial score (nSPS) is 29.1. The zero-order valence-corrected chi connectivity index (χ0v) is 20.8. The molecule has 184 valence electrons. The molecule has 2 aromatic carbocycles. The van der Waals surface area contributed by atoms with Gasteiger partial charge in [-0.05, 0) is 72.3 Å². The van der Waals surface area contributed by atoms with E-state index in [-0.39, 0.29) is 12.4 Å². The molecule has 5 rings (SSSR count). The van der Waals surface area contributed by atoms with Crippen molar-refractivity contribution in [1.29, 1.82) is 0 Å². The number of likely N-dealkylation sites (tertiary alicyclic amines) is 1. The minimum atomic E-state index is -3.42. The Morgan fingerprint density at radius 2 is 1.82 bits per heavy atom. The minimum absolute atomic E-state index is 0.0508. The van der Waals surface area contributed by atoms with Crippen LogP contribution in [0.2, 0.25) is 0 Å². The third-order valence-electron chi connectivity index (χ3n) is 8.03. The van der Waals surface area contributed by atoms with E-state index in [2.05, 4.69) is 40.0 Å². The molecule has 1 aliphatic heterocycles. The van der Waals surface area contributed by atoms with Crippen molar-refractivity contribution in [3.63, 3.8) is 0 Å². The molecule has 0 aromatic heterocycles. The second-order valence-corrected chi connectivity index (χ2v) is 12.4. The van der Waals surface area contributed by atoms with Gasteiger partial charge in [-0.1, -0.05) is 36.4 Å². The molecular weight excluding hydrogens is 448 g/mol. The molecule has 3 unspecified atom stereocenters. The number of hydrogen-bond acceptors (Lipinski definition) is 5. The first-order chi connectivity index (χ1) is 16.3. The van der Waals surface area contributed by atoms with Crippen molar-refractivity contribution in [2.75, 3.05) is 43.8 Å². The largest absolute Gasteiger partial charge is 0.388 e. The smallest absolute Gasteiger partial charge is 0.234 e. The van der Waals surface area contributed by atoms with Crippen LogP contribution < -0.4 is 4.72 Å². The number of nitrogens with one attached hydrogen (secondary N) is 1. The Kier molecular flexibility index (Phi) is 6.73. The summed E-state index contributed by atoms with van der Waals surface area (Å²) < 4.78 is 32.2. The van der Waals surface area contributed by atoms with Crippen LogP contribution in [0, 0.1) is 11.8 Å². The fourth-order valence-electron chi connectivity index (χ4n) is 6.56. The molecule has 1 heterocycles. The number of anilines is 1. The lowest BCUT2D eigenvalue weighted by Crippen LogP contribution is -2.51. The zero-order chi connectivity index (χ0) is 23.8. The van der Waals surface area contributed by atoms with Crippen LogP contribution in [0.25, 0.3) is 0 Å². The summed E-state index contributed by atoms with van der Waals surface area (Å²) in [4.78, 5) is 2.49. The topological polar surface area (TPSA) is 78.9 Å². The molecule has 2 aromatic rings. The van der Waals surface area contributed by atoms with Crippen LogP contribution in [0.15, 0.2) is 48.5 Å². The van der Waals surface area contributed by atoms with Gasteiger partial charge < -0.3 is 9.84 Å². The van der Waals surface area contributed by atoms with Crippen LogP contribution in [-0.2, 0) is 27.6 Å². The van der Waals surface area contributed by atoms with Crippen LogP contribution in [-0.4, -0.2) is 63.1 Å². The van der Waals surface area contributed by atoms with Gasteiger partial charge in [-0.3, -0.25) is 9.62 Å². The van der Waals surface area contributed by atoms with E-state index in [1.807, 2.05) is 18.2 Å². The minimum Gasteiger partial charge on any atom is -0.388 e. The maximum absolute atomic E-state index is 12.3. The Bertz CT molecular complexity index is 1110. The van der Waals surface area contributed by atoms with Crippen molar-refractivity contribution in [3.8, 4) is 0 Å². The number of aliphatic hydroxyl groups is 1. The molecule has 1 saturated carbocycles. The van der Waals surface area contributed by atoms with E-state index in [9.17, 15) is 13.5 Å². The SMILES string of the molecule is COCCS(=O)(=O)Nc1cccc(C2C3CCC2CN(CC2(O)CCc4ccccc4C2)C3)c1. The number of methoxy groups -OCH3 is 1. The first-order valence-electron chi connectivity index (χ1n) is 12.5. The summed E-state index contributed by atoms with van der Waals surface area (Å²) in [6.07, 6.45) is 4.89. The fourth-order valence-corrected chi connectivity index (χ4v) is 7.54. The van der Waals surface area contributed by atoms with E-state index < -0.39 is 15.6 Å². The molecule has 1 saturated heterocycles. The molecule has 3 aliphatic rings. The van der Waals surface area contributed by atoms with Crippen molar-refractivity contribution in [1.82, 2.24) is 4.90 Å². The first kappa shape index (κ1) is 23.8. The third kappa shape index (κ3) is 5.18. The molecule has 2 fully saturated rings. The van der Waals surface area contributed by atoms with Crippen LogP contribution in [0.1, 0.15) is 41.9 Å². The predicted octanol–water partition coefficient (Wildman–Crippen LogP) is 3.42. The molecule has 2 bridgehead atoms. The maximum Gasteiger partial charge on any atom is 0.234 e. The number of hydrogen-bond donors (Lipinski definition) is 2. The lowest BCUT2D eigenvalue weighted by atomic mass is 9.77. The number of benzene rings is 2. The van der Waals surface area contributed by atoms with Gasteiger partial charge in [-0.15, -0.1) is 0 Å². The highest BCUT2D eigenvalue weighted by molar-refractivity contribution is 7.92. The molecule has 34 heavy (non-hydrogen) atoms. The molecule has 0 spiro atoms. The lowest BCUT2D eigenvalue weighted by molar-refractivity contribution is -0.0219. The highest BCUT2D eigenvalue weighted by Gasteiger charge is 2.44. The van der Waals surface area contributed by atoms with Crippen molar-refractivity contribution in [3.05, 3.63) is 65.2 Å². The summed E-state index contributed by atoms with van der Waals surface area (Å²) in [6, 6.07) is 16.4. The summed E-state index contributed by atoms with van der Waals surface area (Å²) in [6.45, 7) is 2.90. The lowest BCUT2D eigenvalue weighted by Gasteiger charge is -2.43. The molecule has 7 heteroatoms. The Labute approximate surface area is 203 Å². The van der Waals surface area contributed by atoms with Crippen molar-refractivity contribution in [2.24, 2.45) is 11.8 Å². The predicted molar refractivity (Wildman–Crippen MR) is 135 cm³/mol. The molecule has 0 radical (unpaired) electrons. The monoisotopic (exact) mass is 484 g/mol. The van der Waals surface area contributed by atoms with Gasteiger partial charge >= 0.3 is 0 Å².